The van der Waals surface area contributed by atoms with Crippen molar-refractivity contribution in [3.05, 3.63) is 82.7 Å². The summed E-state index contributed by atoms with van der Waals surface area (Å²) in [7, 11) is 3.50. The monoisotopic (exact) mass is 405 g/mol. The van der Waals surface area contributed by atoms with Gasteiger partial charge in [0.25, 0.3) is 0 Å². The van der Waals surface area contributed by atoms with Gasteiger partial charge in [0.15, 0.2) is 0 Å². The maximum Gasteiger partial charge on any atom is 0.244 e. The van der Waals surface area contributed by atoms with E-state index < -0.39 is 0 Å². The van der Waals surface area contributed by atoms with Crippen molar-refractivity contribution < 1.29 is 14.3 Å². The summed E-state index contributed by atoms with van der Waals surface area (Å²) in [6.45, 7) is 4.74. The summed E-state index contributed by atoms with van der Waals surface area (Å²) in [6, 6.07) is 15.6. The van der Waals surface area contributed by atoms with Crippen LogP contribution < -0.4 is 14.8 Å². The Morgan fingerprint density at radius 3 is 2.63 bits per heavy atom. The molecule has 0 aliphatic rings. The quantitative estimate of drug-likeness (QED) is 0.576. The van der Waals surface area contributed by atoms with E-state index in [1.807, 2.05) is 69.4 Å². The minimum Gasteiger partial charge on any atom is -0.496 e. The number of amides is 1. The number of hydrogen-bond donors (Lipinski definition) is 1. The van der Waals surface area contributed by atoms with Crippen LogP contribution in [0.1, 0.15) is 28.1 Å². The Labute approximate surface area is 177 Å². The zero-order chi connectivity index (χ0) is 21.5. The molecule has 156 valence electrons. The maximum absolute atomic E-state index is 12.2. The summed E-state index contributed by atoms with van der Waals surface area (Å²) in [4.78, 5) is 12.2. The van der Waals surface area contributed by atoms with E-state index in [-0.39, 0.29) is 5.91 Å². The molecule has 0 bridgehead atoms. The molecule has 0 saturated heterocycles. The molecule has 1 aromatic heterocycles. The highest BCUT2D eigenvalue weighted by molar-refractivity contribution is 5.91. The number of rotatable bonds is 8. The van der Waals surface area contributed by atoms with E-state index in [0.29, 0.717) is 13.2 Å². The van der Waals surface area contributed by atoms with Gasteiger partial charge in [0.05, 0.1) is 25.0 Å². The van der Waals surface area contributed by atoms with Crippen LogP contribution in [0.3, 0.4) is 0 Å². The van der Waals surface area contributed by atoms with Gasteiger partial charge in [-0.15, -0.1) is 0 Å². The minimum atomic E-state index is -0.164. The SMILES string of the molecule is COc1ccc(/C=C/C(=O)NCc2cc(C)nn2C)cc1COc1ccccc1C. The summed E-state index contributed by atoms with van der Waals surface area (Å²) < 4.78 is 13.2. The van der Waals surface area contributed by atoms with Crippen molar-refractivity contribution >= 4 is 12.0 Å². The normalized spacial score (nSPS) is 10.9. The predicted octanol–water partition coefficient (Wildman–Crippen LogP) is 3.95. The number of para-hydroxylation sites is 1. The number of nitrogens with zero attached hydrogens (tertiary/aromatic N) is 2. The van der Waals surface area contributed by atoms with E-state index in [4.69, 9.17) is 9.47 Å². The smallest absolute Gasteiger partial charge is 0.244 e. The van der Waals surface area contributed by atoms with Crippen molar-refractivity contribution in [2.45, 2.75) is 27.0 Å². The zero-order valence-corrected chi connectivity index (χ0v) is 17.8. The number of methoxy groups -OCH3 is 1. The second-order valence-electron chi connectivity index (χ2n) is 7.08. The van der Waals surface area contributed by atoms with Crippen LogP contribution >= 0.6 is 0 Å². The van der Waals surface area contributed by atoms with Crippen LogP contribution in [0.25, 0.3) is 6.08 Å². The minimum absolute atomic E-state index is 0.164. The maximum atomic E-state index is 12.2. The lowest BCUT2D eigenvalue weighted by Crippen LogP contribution is -2.21. The highest BCUT2D eigenvalue weighted by atomic mass is 16.5. The Morgan fingerprint density at radius 1 is 1.13 bits per heavy atom. The first-order valence-corrected chi connectivity index (χ1v) is 9.77. The van der Waals surface area contributed by atoms with Crippen molar-refractivity contribution in [3.8, 4) is 11.5 Å². The number of aromatic nitrogens is 2. The highest BCUT2D eigenvalue weighted by Crippen LogP contribution is 2.24. The van der Waals surface area contributed by atoms with Crippen LogP contribution in [0.2, 0.25) is 0 Å². The summed E-state index contributed by atoms with van der Waals surface area (Å²) >= 11 is 0. The molecule has 3 aromatic rings. The van der Waals surface area contributed by atoms with Crippen molar-refractivity contribution in [2.75, 3.05) is 7.11 Å². The number of hydrogen-bond acceptors (Lipinski definition) is 4. The van der Waals surface area contributed by atoms with Crippen molar-refractivity contribution in [3.63, 3.8) is 0 Å². The van der Waals surface area contributed by atoms with Crippen LogP contribution in [-0.2, 0) is 25.0 Å². The van der Waals surface area contributed by atoms with Crippen molar-refractivity contribution in [1.82, 2.24) is 15.1 Å². The fraction of sp³-hybridized carbons (Fsp3) is 0.250. The molecule has 0 spiro atoms. The number of aryl methyl sites for hydroxylation is 3. The Bertz CT molecular complexity index is 1050. The fourth-order valence-corrected chi connectivity index (χ4v) is 3.13. The van der Waals surface area contributed by atoms with Gasteiger partial charge in [0.2, 0.25) is 5.91 Å². The third-order valence-corrected chi connectivity index (χ3v) is 4.75. The molecule has 0 unspecified atom stereocenters. The van der Waals surface area contributed by atoms with E-state index in [2.05, 4.69) is 10.4 Å². The van der Waals surface area contributed by atoms with E-state index >= 15 is 0 Å². The molecule has 0 saturated carbocycles. The molecule has 6 heteroatoms. The topological polar surface area (TPSA) is 65.4 Å². The third kappa shape index (κ3) is 5.50. The summed E-state index contributed by atoms with van der Waals surface area (Å²) in [5, 5.41) is 7.15. The van der Waals surface area contributed by atoms with Gasteiger partial charge in [-0.05, 0) is 55.3 Å². The second-order valence-corrected chi connectivity index (χ2v) is 7.08. The van der Waals surface area contributed by atoms with Gasteiger partial charge in [0.1, 0.15) is 18.1 Å². The standard InChI is InChI=1S/C24H27N3O3/c1-17-7-5-6-8-22(17)30-16-20-14-19(9-11-23(20)29-4)10-12-24(28)25-15-21-13-18(2)26-27(21)3/h5-14H,15-16H2,1-4H3,(H,25,28)/b12-10+. The zero-order valence-electron chi connectivity index (χ0n) is 17.8. The van der Waals surface area contributed by atoms with E-state index in [0.717, 1.165) is 39.6 Å². The number of nitrogens with one attached hydrogen (secondary N) is 1. The van der Waals surface area contributed by atoms with Crippen molar-refractivity contribution in [2.24, 2.45) is 7.05 Å². The highest BCUT2D eigenvalue weighted by Gasteiger charge is 2.07. The Morgan fingerprint density at radius 2 is 1.93 bits per heavy atom. The van der Waals surface area contributed by atoms with Gasteiger partial charge in [-0.2, -0.15) is 5.10 Å². The van der Waals surface area contributed by atoms with Crippen molar-refractivity contribution in [1.29, 1.82) is 0 Å². The Kier molecular flexibility index (Phi) is 6.91. The molecule has 6 nitrogen and oxygen atoms in total. The molecule has 2 aromatic carbocycles. The van der Waals surface area contributed by atoms with Crippen LogP contribution in [0.4, 0.5) is 0 Å². The lowest BCUT2D eigenvalue weighted by Gasteiger charge is -2.12. The molecule has 1 N–H and O–H groups in total. The number of carbonyl (C=O) groups is 1. The molecule has 0 radical (unpaired) electrons. The lowest BCUT2D eigenvalue weighted by atomic mass is 10.1. The van der Waals surface area contributed by atoms with Crippen LogP contribution in [0.5, 0.6) is 11.5 Å². The first-order chi connectivity index (χ1) is 14.5. The predicted molar refractivity (Wildman–Crippen MR) is 117 cm³/mol. The number of carbonyl (C=O) groups excluding carboxylic acids is 1. The summed E-state index contributed by atoms with van der Waals surface area (Å²) in [6.07, 6.45) is 3.30. The van der Waals surface area contributed by atoms with Crippen LogP contribution in [-0.4, -0.2) is 22.8 Å². The van der Waals surface area contributed by atoms with Gasteiger partial charge >= 0.3 is 0 Å². The molecule has 1 amide bonds. The second kappa shape index (κ2) is 9.78. The Balaban J connectivity index is 1.64. The van der Waals surface area contributed by atoms with Crippen LogP contribution in [0.15, 0.2) is 54.6 Å². The van der Waals surface area contributed by atoms with Gasteiger partial charge in [0, 0.05) is 18.7 Å². The lowest BCUT2D eigenvalue weighted by molar-refractivity contribution is -0.116. The largest absolute Gasteiger partial charge is 0.496 e. The molecule has 3 rings (SSSR count). The average molecular weight is 405 g/mol. The van der Waals surface area contributed by atoms with Gasteiger partial charge in [-0.3, -0.25) is 9.48 Å². The van der Waals surface area contributed by atoms with Gasteiger partial charge in [-0.25, -0.2) is 0 Å². The molecule has 0 atom stereocenters. The first kappa shape index (κ1) is 21.2. The van der Waals surface area contributed by atoms with E-state index in [1.54, 1.807) is 17.9 Å². The number of ether oxygens (including phenoxy) is 2. The van der Waals surface area contributed by atoms with Gasteiger partial charge < -0.3 is 14.8 Å². The molecule has 30 heavy (non-hydrogen) atoms. The average Bonchev–Trinajstić information content (AvgIpc) is 3.07. The molecule has 0 fully saturated rings. The fourth-order valence-electron chi connectivity index (χ4n) is 3.13. The van der Waals surface area contributed by atoms with Crippen LogP contribution in [0, 0.1) is 13.8 Å². The third-order valence-electron chi connectivity index (χ3n) is 4.75. The molecular weight excluding hydrogens is 378 g/mol. The summed E-state index contributed by atoms with van der Waals surface area (Å²) in [5.41, 5.74) is 4.76. The molecule has 0 aliphatic carbocycles. The first-order valence-electron chi connectivity index (χ1n) is 9.77. The molecule has 0 aliphatic heterocycles. The van der Waals surface area contributed by atoms with E-state index in [9.17, 15) is 4.79 Å². The number of benzene rings is 2. The Hall–Kier alpha value is -3.54. The van der Waals surface area contributed by atoms with Gasteiger partial charge in [-0.1, -0.05) is 24.3 Å². The molecular formula is C24H27N3O3. The summed E-state index contributed by atoms with van der Waals surface area (Å²) in [5.74, 6) is 1.42. The van der Waals surface area contributed by atoms with E-state index in [1.165, 1.54) is 6.08 Å². The molecule has 1 heterocycles.